The zero-order valence-corrected chi connectivity index (χ0v) is 10.5. The molecule has 1 N–H and O–H groups in total. The monoisotopic (exact) mass is 263 g/mol. The molecule has 2 rings (SSSR count). The van der Waals surface area contributed by atoms with Gasteiger partial charge in [0.2, 0.25) is 5.91 Å². The maximum Gasteiger partial charge on any atom is 0.341 e. The number of ether oxygens (including phenoxy) is 1. The van der Waals surface area contributed by atoms with E-state index in [1.165, 1.54) is 26.4 Å². The van der Waals surface area contributed by atoms with Crippen LogP contribution in [-0.4, -0.2) is 47.9 Å². The van der Waals surface area contributed by atoms with Gasteiger partial charge < -0.3 is 10.1 Å². The van der Waals surface area contributed by atoms with E-state index in [0.29, 0.717) is 0 Å². The average Bonchev–Trinajstić information content (AvgIpc) is 2.66. The molecule has 0 bridgehead atoms. The summed E-state index contributed by atoms with van der Waals surface area (Å²) in [4.78, 5) is 39.8. The van der Waals surface area contributed by atoms with Crippen LogP contribution in [0.25, 0.3) is 0 Å². The van der Waals surface area contributed by atoms with E-state index in [-0.39, 0.29) is 29.6 Å². The molecule has 0 aromatic carbocycles. The van der Waals surface area contributed by atoms with E-state index in [1.807, 2.05) is 0 Å². The number of carbonyl (C=O) groups excluding carboxylic acids is 3. The molecule has 1 unspecified atom stereocenters. The van der Waals surface area contributed by atoms with Crippen LogP contribution in [0.2, 0.25) is 0 Å². The second kappa shape index (κ2) is 5.05. The quantitative estimate of drug-likeness (QED) is 0.611. The van der Waals surface area contributed by atoms with Crippen LogP contribution in [0.15, 0.2) is 18.3 Å². The molecule has 1 aromatic heterocycles. The molecule has 7 heteroatoms. The number of pyridine rings is 1. The van der Waals surface area contributed by atoms with Crippen LogP contribution in [-0.2, 0) is 14.3 Å². The molecule has 1 aliphatic rings. The summed E-state index contributed by atoms with van der Waals surface area (Å²) in [7, 11) is 2.68. The Hall–Kier alpha value is -2.44. The molecule has 1 aromatic rings. The number of hydrogen-bond donors (Lipinski definition) is 1. The van der Waals surface area contributed by atoms with Gasteiger partial charge >= 0.3 is 5.97 Å². The largest absolute Gasteiger partial charge is 0.465 e. The van der Waals surface area contributed by atoms with Crippen molar-refractivity contribution in [2.24, 2.45) is 0 Å². The Morgan fingerprint density at radius 3 is 2.84 bits per heavy atom. The maximum atomic E-state index is 11.8. The summed E-state index contributed by atoms with van der Waals surface area (Å²) in [5.74, 6) is -0.930. The highest BCUT2D eigenvalue weighted by Crippen LogP contribution is 2.19. The van der Waals surface area contributed by atoms with Crippen molar-refractivity contribution >= 4 is 23.6 Å². The molecule has 100 valence electrons. The van der Waals surface area contributed by atoms with Crippen molar-refractivity contribution in [3.8, 4) is 0 Å². The first-order chi connectivity index (χ1) is 9.04. The number of esters is 1. The predicted octanol–water partition coefficient (Wildman–Crippen LogP) is 0.0374. The van der Waals surface area contributed by atoms with Crippen molar-refractivity contribution in [1.82, 2.24) is 9.88 Å². The molecule has 2 heterocycles. The van der Waals surface area contributed by atoms with Crippen LogP contribution in [0.1, 0.15) is 16.8 Å². The summed E-state index contributed by atoms with van der Waals surface area (Å²) in [6.45, 7) is 0. The van der Waals surface area contributed by atoms with Gasteiger partial charge in [-0.05, 0) is 12.1 Å². The molecular formula is C12H13N3O4. The van der Waals surface area contributed by atoms with Gasteiger partial charge in [-0.3, -0.25) is 14.5 Å². The van der Waals surface area contributed by atoms with E-state index >= 15 is 0 Å². The van der Waals surface area contributed by atoms with Gasteiger partial charge in [-0.15, -0.1) is 0 Å². The molecule has 2 amide bonds. The summed E-state index contributed by atoms with van der Waals surface area (Å²) in [6.07, 6.45) is 1.53. The number of methoxy groups -OCH3 is 1. The number of nitrogens with one attached hydrogen (secondary N) is 1. The molecule has 1 saturated heterocycles. The van der Waals surface area contributed by atoms with E-state index in [4.69, 9.17) is 0 Å². The molecule has 0 aliphatic carbocycles. The smallest absolute Gasteiger partial charge is 0.341 e. The topological polar surface area (TPSA) is 88.6 Å². The summed E-state index contributed by atoms with van der Waals surface area (Å²) in [6, 6.07) is 2.42. The van der Waals surface area contributed by atoms with Crippen LogP contribution < -0.4 is 5.32 Å². The van der Waals surface area contributed by atoms with Gasteiger partial charge in [-0.2, -0.15) is 0 Å². The fourth-order valence-electron chi connectivity index (χ4n) is 1.83. The highest BCUT2D eigenvalue weighted by molar-refractivity contribution is 6.07. The second-order valence-corrected chi connectivity index (χ2v) is 4.08. The third-order valence-corrected chi connectivity index (χ3v) is 2.91. The number of aromatic nitrogens is 1. The number of likely N-dealkylation sites (tertiary alicyclic amines) is 1. The van der Waals surface area contributed by atoms with Crippen molar-refractivity contribution in [2.75, 3.05) is 19.5 Å². The molecule has 19 heavy (non-hydrogen) atoms. The normalized spacial score (nSPS) is 18.6. The summed E-state index contributed by atoms with van der Waals surface area (Å²) >= 11 is 0. The molecule has 0 spiro atoms. The minimum Gasteiger partial charge on any atom is -0.465 e. The van der Waals surface area contributed by atoms with Gasteiger partial charge in [0.05, 0.1) is 13.5 Å². The fourth-order valence-corrected chi connectivity index (χ4v) is 1.83. The average molecular weight is 263 g/mol. The van der Waals surface area contributed by atoms with Crippen molar-refractivity contribution in [1.29, 1.82) is 0 Å². The van der Waals surface area contributed by atoms with E-state index in [9.17, 15) is 14.4 Å². The minimum absolute atomic E-state index is 0.0481. The Balaban J connectivity index is 2.23. The lowest BCUT2D eigenvalue weighted by Crippen LogP contribution is -2.32. The van der Waals surface area contributed by atoms with Gasteiger partial charge in [0, 0.05) is 13.2 Å². The second-order valence-electron chi connectivity index (χ2n) is 4.08. The number of likely N-dealkylation sites (N-methyl/N-ethyl adjacent to an activating group) is 1. The number of imide groups is 1. The van der Waals surface area contributed by atoms with Crippen LogP contribution >= 0.6 is 0 Å². The molecule has 0 saturated carbocycles. The Labute approximate surface area is 109 Å². The van der Waals surface area contributed by atoms with Crippen LogP contribution in [0, 0.1) is 0 Å². The predicted molar refractivity (Wildman–Crippen MR) is 65.4 cm³/mol. The van der Waals surface area contributed by atoms with Crippen LogP contribution in [0.4, 0.5) is 5.82 Å². The van der Waals surface area contributed by atoms with E-state index < -0.39 is 12.0 Å². The fraction of sp³-hybridized carbons (Fsp3) is 0.333. The van der Waals surface area contributed by atoms with Gasteiger partial charge in [-0.25, -0.2) is 9.78 Å². The van der Waals surface area contributed by atoms with Crippen molar-refractivity contribution < 1.29 is 19.1 Å². The van der Waals surface area contributed by atoms with E-state index in [1.54, 1.807) is 6.07 Å². The highest BCUT2D eigenvalue weighted by atomic mass is 16.5. The molecule has 1 aliphatic heterocycles. The van der Waals surface area contributed by atoms with Crippen molar-refractivity contribution in [2.45, 2.75) is 12.5 Å². The lowest BCUT2D eigenvalue weighted by atomic mass is 10.2. The zero-order valence-electron chi connectivity index (χ0n) is 10.5. The summed E-state index contributed by atoms with van der Waals surface area (Å²) < 4.78 is 4.63. The Morgan fingerprint density at radius 1 is 1.53 bits per heavy atom. The molecule has 7 nitrogen and oxygen atoms in total. The first-order valence-corrected chi connectivity index (χ1v) is 5.65. The van der Waals surface area contributed by atoms with E-state index in [0.717, 1.165) is 4.90 Å². The molecule has 1 atom stereocenters. The lowest BCUT2D eigenvalue weighted by molar-refractivity contribution is -0.136. The van der Waals surface area contributed by atoms with E-state index in [2.05, 4.69) is 15.0 Å². The zero-order chi connectivity index (χ0) is 14.0. The lowest BCUT2D eigenvalue weighted by Gasteiger charge is -2.13. The number of amides is 2. The molecular weight excluding hydrogens is 250 g/mol. The SMILES string of the molecule is COC(=O)c1cccnc1NC1CC(=O)N(C)C1=O. The first-order valence-electron chi connectivity index (χ1n) is 5.65. The van der Waals surface area contributed by atoms with Gasteiger partial charge in [0.25, 0.3) is 5.91 Å². The minimum atomic E-state index is -0.698. The third-order valence-electron chi connectivity index (χ3n) is 2.91. The summed E-state index contributed by atoms with van der Waals surface area (Å²) in [5, 5.41) is 2.81. The number of hydrogen-bond acceptors (Lipinski definition) is 6. The van der Waals surface area contributed by atoms with Crippen molar-refractivity contribution in [3.05, 3.63) is 23.9 Å². The number of nitrogens with zero attached hydrogens (tertiary/aromatic N) is 2. The van der Waals surface area contributed by atoms with Gasteiger partial charge in [-0.1, -0.05) is 0 Å². The highest BCUT2D eigenvalue weighted by Gasteiger charge is 2.36. The third kappa shape index (κ3) is 2.40. The summed E-state index contributed by atoms with van der Waals surface area (Å²) in [5.41, 5.74) is 0.222. The van der Waals surface area contributed by atoms with Crippen LogP contribution in [0.5, 0.6) is 0 Å². The number of carbonyl (C=O) groups is 3. The Bertz CT molecular complexity index is 544. The first kappa shape index (κ1) is 13.0. The number of anilines is 1. The van der Waals surface area contributed by atoms with Gasteiger partial charge in [0.1, 0.15) is 17.4 Å². The van der Waals surface area contributed by atoms with Crippen molar-refractivity contribution in [3.63, 3.8) is 0 Å². The standard InChI is InChI=1S/C12H13N3O4/c1-15-9(16)6-8(11(15)17)14-10-7(12(18)19-2)4-3-5-13-10/h3-5,8H,6H2,1-2H3,(H,13,14). The number of rotatable bonds is 3. The van der Waals surface area contributed by atoms with Gasteiger partial charge in [0.15, 0.2) is 0 Å². The Kier molecular flexibility index (Phi) is 3.46. The molecule has 1 fully saturated rings. The Morgan fingerprint density at radius 2 is 2.26 bits per heavy atom. The molecule has 0 radical (unpaired) electrons. The van der Waals surface area contributed by atoms with Crippen LogP contribution in [0.3, 0.4) is 0 Å². The maximum absolute atomic E-state index is 11.8.